The maximum absolute atomic E-state index is 12.5. The highest BCUT2D eigenvalue weighted by Crippen LogP contribution is 2.17. The van der Waals surface area contributed by atoms with Crippen molar-refractivity contribution in [1.82, 2.24) is 14.5 Å². The van der Waals surface area contributed by atoms with Crippen molar-refractivity contribution in [3.63, 3.8) is 0 Å². The quantitative estimate of drug-likeness (QED) is 0.736. The maximum Gasteiger partial charge on any atom is 0.338 e. The first-order valence-electron chi connectivity index (χ1n) is 9.56. The number of hydrogen-bond donors (Lipinski definition) is 0. The van der Waals surface area contributed by atoms with Crippen LogP contribution in [0.25, 0.3) is 10.9 Å². The molecule has 0 unspecified atom stereocenters. The van der Waals surface area contributed by atoms with Gasteiger partial charge in [0, 0.05) is 26.1 Å². The van der Waals surface area contributed by atoms with Gasteiger partial charge >= 0.3 is 5.97 Å². The first-order chi connectivity index (χ1) is 13.4. The van der Waals surface area contributed by atoms with Gasteiger partial charge in [0.2, 0.25) is 0 Å². The van der Waals surface area contributed by atoms with Crippen molar-refractivity contribution in [2.24, 2.45) is 0 Å². The van der Waals surface area contributed by atoms with Crippen LogP contribution in [-0.2, 0) is 27.2 Å². The van der Waals surface area contributed by atoms with Gasteiger partial charge in [-0.25, -0.2) is 9.78 Å². The molecule has 0 N–H and O–H groups in total. The summed E-state index contributed by atoms with van der Waals surface area (Å²) >= 11 is 0. The number of carbonyl (C=O) groups is 2. The summed E-state index contributed by atoms with van der Waals surface area (Å²) in [6.07, 6.45) is 1.56. The Bertz CT molecular complexity index is 989. The molecule has 1 aromatic carbocycles. The molecule has 0 radical (unpaired) electrons. The predicted octanol–water partition coefficient (Wildman–Crippen LogP) is 1.14. The molecule has 1 saturated heterocycles. The third-order valence-corrected chi connectivity index (χ3v) is 5.15. The van der Waals surface area contributed by atoms with E-state index in [0.717, 1.165) is 18.7 Å². The molecule has 148 valence electrons. The number of aromatic nitrogens is 2. The lowest BCUT2D eigenvalue weighted by Gasteiger charge is -2.35. The van der Waals surface area contributed by atoms with E-state index < -0.39 is 5.97 Å². The highest BCUT2D eigenvalue weighted by molar-refractivity contribution is 5.95. The van der Waals surface area contributed by atoms with Crippen LogP contribution in [-0.4, -0.2) is 58.2 Å². The maximum atomic E-state index is 12.5. The average Bonchev–Trinajstić information content (AvgIpc) is 3.13. The molecule has 2 aromatic rings. The first kappa shape index (κ1) is 18.6. The normalized spacial score (nSPS) is 21.6. The van der Waals surface area contributed by atoms with E-state index in [-0.39, 0.29) is 35.8 Å². The highest BCUT2D eigenvalue weighted by Gasteiger charge is 2.26. The number of morpholine rings is 1. The van der Waals surface area contributed by atoms with Gasteiger partial charge in [-0.1, -0.05) is 0 Å². The van der Waals surface area contributed by atoms with E-state index in [1.807, 2.05) is 13.8 Å². The van der Waals surface area contributed by atoms with Crippen LogP contribution in [0, 0.1) is 0 Å². The summed E-state index contributed by atoms with van der Waals surface area (Å²) in [6.45, 7) is 5.14. The highest BCUT2D eigenvalue weighted by atomic mass is 16.5. The van der Waals surface area contributed by atoms with Crippen molar-refractivity contribution in [2.75, 3.05) is 19.7 Å². The molecule has 1 aromatic heterocycles. The molecule has 28 heavy (non-hydrogen) atoms. The molecule has 0 saturated carbocycles. The van der Waals surface area contributed by atoms with Crippen molar-refractivity contribution >= 4 is 22.8 Å². The van der Waals surface area contributed by atoms with Crippen molar-refractivity contribution < 1.29 is 19.1 Å². The molecular weight excluding hydrogens is 362 g/mol. The van der Waals surface area contributed by atoms with Crippen molar-refractivity contribution in [1.29, 1.82) is 0 Å². The van der Waals surface area contributed by atoms with Crippen LogP contribution >= 0.6 is 0 Å². The average molecular weight is 385 g/mol. The number of carbonyl (C=O) groups excluding carboxylic acids is 2. The number of esters is 1. The second-order valence-corrected chi connectivity index (χ2v) is 7.45. The minimum atomic E-state index is -0.605. The molecule has 0 spiro atoms. The van der Waals surface area contributed by atoms with Crippen LogP contribution in [0.4, 0.5) is 0 Å². The van der Waals surface area contributed by atoms with Gasteiger partial charge in [-0.15, -0.1) is 0 Å². The van der Waals surface area contributed by atoms with E-state index in [2.05, 4.69) is 4.98 Å². The topological polar surface area (TPSA) is 90.7 Å². The Morgan fingerprint density at radius 3 is 2.75 bits per heavy atom. The van der Waals surface area contributed by atoms with Crippen LogP contribution in [0.5, 0.6) is 0 Å². The van der Waals surface area contributed by atoms with E-state index in [0.29, 0.717) is 30.5 Å². The number of hydrogen-bond acceptors (Lipinski definition) is 6. The van der Waals surface area contributed by atoms with E-state index in [9.17, 15) is 14.4 Å². The van der Waals surface area contributed by atoms with E-state index in [1.165, 1.54) is 0 Å². The van der Waals surface area contributed by atoms with Gasteiger partial charge in [-0.05, 0) is 38.5 Å². The molecule has 8 heteroatoms. The Kier molecular flexibility index (Phi) is 4.89. The Morgan fingerprint density at radius 1 is 1.25 bits per heavy atom. The first-order valence-corrected chi connectivity index (χ1v) is 9.56. The van der Waals surface area contributed by atoms with Gasteiger partial charge < -0.3 is 14.4 Å². The summed E-state index contributed by atoms with van der Waals surface area (Å²) in [7, 11) is 0. The monoisotopic (exact) mass is 385 g/mol. The molecule has 1 fully saturated rings. The van der Waals surface area contributed by atoms with Gasteiger partial charge in [0.1, 0.15) is 5.82 Å². The summed E-state index contributed by atoms with van der Waals surface area (Å²) in [5.41, 5.74) is 0.678. The number of fused-ring (bicyclic) bond motifs is 2. The van der Waals surface area contributed by atoms with E-state index in [4.69, 9.17) is 9.47 Å². The predicted molar refractivity (Wildman–Crippen MR) is 101 cm³/mol. The molecule has 2 aliphatic rings. The van der Waals surface area contributed by atoms with Gasteiger partial charge in [0.05, 0.1) is 28.7 Å². The lowest BCUT2D eigenvalue weighted by molar-refractivity contribution is -0.146. The molecule has 4 rings (SSSR count). The number of ether oxygens (including phenoxy) is 2. The van der Waals surface area contributed by atoms with Crippen molar-refractivity contribution in [3.05, 3.63) is 39.9 Å². The fourth-order valence-corrected chi connectivity index (χ4v) is 3.89. The fourth-order valence-electron chi connectivity index (χ4n) is 3.89. The molecule has 3 heterocycles. The third kappa shape index (κ3) is 3.52. The largest absolute Gasteiger partial charge is 0.452 e. The second kappa shape index (κ2) is 7.35. The summed E-state index contributed by atoms with van der Waals surface area (Å²) in [5.74, 6) is -0.105. The van der Waals surface area contributed by atoms with Crippen molar-refractivity contribution in [2.45, 2.75) is 45.4 Å². The van der Waals surface area contributed by atoms with E-state index >= 15 is 0 Å². The van der Waals surface area contributed by atoms with Crippen LogP contribution < -0.4 is 5.56 Å². The molecule has 2 atom stereocenters. The zero-order chi connectivity index (χ0) is 19.8. The van der Waals surface area contributed by atoms with Crippen LogP contribution in [0.15, 0.2) is 23.0 Å². The van der Waals surface area contributed by atoms with Gasteiger partial charge in [0.25, 0.3) is 11.5 Å². The Morgan fingerprint density at radius 2 is 2.00 bits per heavy atom. The number of amides is 1. The third-order valence-electron chi connectivity index (χ3n) is 5.15. The number of rotatable bonds is 3. The van der Waals surface area contributed by atoms with Gasteiger partial charge in [0.15, 0.2) is 6.61 Å². The lowest BCUT2D eigenvalue weighted by atomic mass is 10.1. The number of benzene rings is 1. The van der Waals surface area contributed by atoms with Crippen LogP contribution in [0.2, 0.25) is 0 Å². The van der Waals surface area contributed by atoms with Gasteiger partial charge in [-0.3, -0.25) is 14.2 Å². The molecule has 2 aliphatic heterocycles. The zero-order valence-corrected chi connectivity index (χ0v) is 16.0. The molecule has 1 amide bonds. The number of nitrogens with zero attached hydrogens (tertiary/aromatic N) is 3. The molecule has 0 aliphatic carbocycles. The number of aryl methyl sites for hydroxylation is 1. The molecular formula is C20H23N3O5. The Balaban J connectivity index is 1.46. The van der Waals surface area contributed by atoms with Gasteiger partial charge in [-0.2, -0.15) is 0 Å². The van der Waals surface area contributed by atoms with Crippen molar-refractivity contribution in [3.8, 4) is 0 Å². The second-order valence-electron chi connectivity index (χ2n) is 7.45. The Hall–Kier alpha value is -2.74. The molecule has 0 bridgehead atoms. The summed E-state index contributed by atoms with van der Waals surface area (Å²) in [6, 6.07) is 4.70. The molecule has 8 nitrogen and oxygen atoms in total. The minimum Gasteiger partial charge on any atom is -0.452 e. The summed E-state index contributed by atoms with van der Waals surface area (Å²) < 4.78 is 12.5. The smallest absolute Gasteiger partial charge is 0.338 e. The zero-order valence-electron chi connectivity index (χ0n) is 16.0. The standard InChI is InChI=1S/C20H23N3O5/c1-12-9-22(10-13(2)28-12)18(24)11-27-20(26)14-5-6-15-16(8-14)21-17-4-3-7-23(17)19(15)25/h5-6,8,12-13H,3-4,7,9-11H2,1-2H3/t12-,13-/m0/s1. The Labute approximate surface area is 162 Å². The summed E-state index contributed by atoms with van der Waals surface area (Å²) in [5, 5.41) is 0.481. The SMILES string of the molecule is C[C@H]1CN(C(=O)COC(=O)c2ccc3c(=O)n4c(nc3c2)CCC4)C[C@H](C)O1. The minimum absolute atomic E-state index is 0.0455. The van der Waals surface area contributed by atoms with Crippen LogP contribution in [0.3, 0.4) is 0 Å². The lowest BCUT2D eigenvalue weighted by Crippen LogP contribution is -2.49. The van der Waals surface area contributed by atoms with Crippen LogP contribution in [0.1, 0.15) is 36.5 Å². The van der Waals surface area contributed by atoms with E-state index in [1.54, 1.807) is 27.7 Å². The summed E-state index contributed by atoms with van der Waals surface area (Å²) in [4.78, 5) is 43.4. The fraction of sp³-hybridized carbons (Fsp3) is 0.500.